The molecule has 0 amide bonds. The second-order valence-electron chi connectivity index (χ2n) is 4.06. The zero-order chi connectivity index (χ0) is 10.8. The molecule has 0 radical (unpaired) electrons. The number of hydrogen-bond acceptors (Lipinski definition) is 2. The summed E-state index contributed by atoms with van der Waals surface area (Å²) in [6.07, 6.45) is 4.41. The molecule has 1 unspecified atom stereocenters. The van der Waals surface area contributed by atoms with Gasteiger partial charge in [-0.25, -0.2) is 4.39 Å². The van der Waals surface area contributed by atoms with Gasteiger partial charge in [0.05, 0.1) is 0 Å². The molecular formula is C12H16FNS. The maximum atomic E-state index is 13.5. The van der Waals surface area contributed by atoms with Crippen molar-refractivity contribution < 1.29 is 4.39 Å². The van der Waals surface area contributed by atoms with Gasteiger partial charge in [-0.05, 0) is 43.7 Å². The second kappa shape index (κ2) is 4.54. The van der Waals surface area contributed by atoms with Crippen molar-refractivity contribution in [1.29, 1.82) is 0 Å². The van der Waals surface area contributed by atoms with Crippen molar-refractivity contribution in [3.8, 4) is 0 Å². The summed E-state index contributed by atoms with van der Waals surface area (Å²) in [5.74, 6) is -0.107. The van der Waals surface area contributed by atoms with Crippen molar-refractivity contribution in [2.45, 2.75) is 36.7 Å². The van der Waals surface area contributed by atoms with Gasteiger partial charge in [-0.1, -0.05) is 6.07 Å². The largest absolute Gasteiger partial charge is 0.307 e. The van der Waals surface area contributed by atoms with Crippen LogP contribution in [0.1, 0.15) is 31.4 Å². The van der Waals surface area contributed by atoms with E-state index < -0.39 is 0 Å². The normalized spacial score (nSPS) is 17.8. The van der Waals surface area contributed by atoms with Gasteiger partial charge in [0.2, 0.25) is 0 Å². The lowest BCUT2D eigenvalue weighted by Crippen LogP contribution is -2.20. The molecule has 0 heterocycles. The molecule has 1 saturated carbocycles. The van der Waals surface area contributed by atoms with Crippen LogP contribution in [0, 0.1) is 5.82 Å². The summed E-state index contributed by atoms with van der Waals surface area (Å²) in [4.78, 5) is 0.720. The summed E-state index contributed by atoms with van der Waals surface area (Å²) in [5.41, 5.74) is 1.04. The molecule has 82 valence electrons. The van der Waals surface area contributed by atoms with Crippen molar-refractivity contribution in [2.24, 2.45) is 0 Å². The lowest BCUT2D eigenvalue weighted by molar-refractivity contribution is 0.556. The molecule has 0 spiro atoms. The quantitative estimate of drug-likeness (QED) is 0.789. The molecule has 1 atom stereocenters. The Labute approximate surface area is 94.5 Å². The van der Waals surface area contributed by atoms with E-state index in [1.54, 1.807) is 6.07 Å². The van der Waals surface area contributed by atoms with Gasteiger partial charge in [-0.15, -0.1) is 11.8 Å². The average Bonchev–Trinajstić information content (AvgIpc) is 3.01. The molecule has 1 aromatic rings. The van der Waals surface area contributed by atoms with Crippen LogP contribution in [-0.4, -0.2) is 12.3 Å². The molecule has 15 heavy (non-hydrogen) atoms. The fraction of sp³-hybridized carbons (Fsp3) is 0.500. The van der Waals surface area contributed by atoms with E-state index in [0.717, 1.165) is 10.5 Å². The standard InChI is InChI=1S/C12H16FNS/c1-8(14-10-4-5-10)9-3-6-12(15-2)11(13)7-9/h3,6-8,10,14H,4-5H2,1-2H3. The first kappa shape index (κ1) is 11.0. The van der Waals surface area contributed by atoms with Gasteiger partial charge in [0.1, 0.15) is 5.82 Å². The minimum atomic E-state index is -0.107. The zero-order valence-electron chi connectivity index (χ0n) is 9.09. The third-order valence-electron chi connectivity index (χ3n) is 2.74. The van der Waals surface area contributed by atoms with E-state index in [2.05, 4.69) is 12.2 Å². The molecule has 1 aromatic carbocycles. The summed E-state index contributed by atoms with van der Waals surface area (Å²) in [6, 6.07) is 6.42. The molecule has 1 N–H and O–H groups in total. The van der Waals surface area contributed by atoms with E-state index in [1.807, 2.05) is 18.4 Å². The third kappa shape index (κ3) is 2.73. The third-order valence-corrected chi connectivity index (χ3v) is 3.51. The van der Waals surface area contributed by atoms with E-state index in [0.29, 0.717) is 6.04 Å². The van der Waals surface area contributed by atoms with Gasteiger partial charge in [0.15, 0.2) is 0 Å². The number of halogens is 1. The molecule has 1 fully saturated rings. The Balaban J connectivity index is 2.09. The molecule has 1 aliphatic rings. The molecule has 0 saturated heterocycles. The summed E-state index contributed by atoms with van der Waals surface area (Å²) in [7, 11) is 0. The van der Waals surface area contributed by atoms with Crippen LogP contribution in [0.2, 0.25) is 0 Å². The Morgan fingerprint density at radius 2 is 2.20 bits per heavy atom. The van der Waals surface area contributed by atoms with Gasteiger partial charge in [0.25, 0.3) is 0 Å². The molecule has 1 aliphatic carbocycles. The molecule has 0 bridgehead atoms. The average molecular weight is 225 g/mol. The lowest BCUT2D eigenvalue weighted by Gasteiger charge is -2.14. The first-order valence-corrected chi connectivity index (χ1v) is 6.52. The highest BCUT2D eigenvalue weighted by atomic mass is 32.2. The SMILES string of the molecule is CSc1ccc(C(C)NC2CC2)cc1F. The summed E-state index contributed by atoms with van der Waals surface area (Å²) >= 11 is 1.45. The van der Waals surface area contributed by atoms with Gasteiger partial charge in [-0.3, -0.25) is 0 Å². The molecule has 3 heteroatoms. The maximum Gasteiger partial charge on any atom is 0.137 e. The van der Waals surface area contributed by atoms with Crippen molar-refractivity contribution in [2.75, 3.05) is 6.26 Å². The highest BCUT2D eigenvalue weighted by Gasteiger charge is 2.23. The number of nitrogens with one attached hydrogen (secondary N) is 1. The smallest absolute Gasteiger partial charge is 0.137 e. The van der Waals surface area contributed by atoms with Crippen molar-refractivity contribution in [3.05, 3.63) is 29.6 Å². The van der Waals surface area contributed by atoms with Gasteiger partial charge < -0.3 is 5.32 Å². The van der Waals surface area contributed by atoms with Crippen LogP contribution in [0.25, 0.3) is 0 Å². The minimum Gasteiger partial charge on any atom is -0.307 e. The fourth-order valence-corrected chi connectivity index (χ4v) is 2.11. The van der Waals surface area contributed by atoms with Crippen LogP contribution in [-0.2, 0) is 0 Å². The van der Waals surface area contributed by atoms with E-state index in [1.165, 1.54) is 24.6 Å². The topological polar surface area (TPSA) is 12.0 Å². The van der Waals surface area contributed by atoms with Crippen molar-refractivity contribution >= 4 is 11.8 Å². The van der Waals surface area contributed by atoms with Gasteiger partial charge in [-0.2, -0.15) is 0 Å². The van der Waals surface area contributed by atoms with Crippen LogP contribution in [0.4, 0.5) is 4.39 Å². The number of thioether (sulfide) groups is 1. The van der Waals surface area contributed by atoms with Crippen LogP contribution >= 0.6 is 11.8 Å². The maximum absolute atomic E-state index is 13.5. The van der Waals surface area contributed by atoms with Crippen LogP contribution in [0.15, 0.2) is 23.1 Å². The molecular weight excluding hydrogens is 209 g/mol. The Morgan fingerprint density at radius 1 is 1.47 bits per heavy atom. The van der Waals surface area contributed by atoms with Crippen molar-refractivity contribution in [1.82, 2.24) is 5.32 Å². The van der Waals surface area contributed by atoms with Crippen LogP contribution in [0.5, 0.6) is 0 Å². The first-order chi connectivity index (χ1) is 7.20. The number of hydrogen-bond donors (Lipinski definition) is 1. The highest BCUT2D eigenvalue weighted by molar-refractivity contribution is 7.98. The van der Waals surface area contributed by atoms with E-state index in [9.17, 15) is 4.39 Å². The monoisotopic (exact) mass is 225 g/mol. The molecule has 2 rings (SSSR count). The highest BCUT2D eigenvalue weighted by Crippen LogP contribution is 2.26. The van der Waals surface area contributed by atoms with E-state index in [4.69, 9.17) is 0 Å². The number of rotatable bonds is 4. The lowest BCUT2D eigenvalue weighted by atomic mass is 10.1. The van der Waals surface area contributed by atoms with E-state index >= 15 is 0 Å². The Bertz CT molecular complexity index is 349. The van der Waals surface area contributed by atoms with Gasteiger partial charge >= 0.3 is 0 Å². The summed E-state index contributed by atoms with van der Waals surface area (Å²) in [6.45, 7) is 2.09. The van der Waals surface area contributed by atoms with Crippen LogP contribution in [0.3, 0.4) is 0 Å². The van der Waals surface area contributed by atoms with E-state index in [-0.39, 0.29) is 11.9 Å². The second-order valence-corrected chi connectivity index (χ2v) is 4.90. The number of benzene rings is 1. The predicted molar refractivity (Wildman–Crippen MR) is 62.8 cm³/mol. The fourth-order valence-electron chi connectivity index (χ4n) is 1.65. The Hall–Kier alpha value is -0.540. The molecule has 0 aliphatic heterocycles. The predicted octanol–water partition coefficient (Wildman–Crippen LogP) is 3.36. The Morgan fingerprint density at radius 3 is 2.73 bits per heavy atom. The van der Waals surface area contributed by atoms with Crippen LogP contribution < -0.4 is 5.32 Å². The minimum absolute atomic E-state index is 0.107. The molecule has 1 nitrogen and oxygen atoms in total. The summed E-state index contributed by atoms with van der Waals surface area (Å²) in [5, 5.41) is 3.46. The summed E-state index contributed by atoms with van der Waals surface area (Å²) < 4.78 is 13.5. The molecule has 0 aromatic heterocycles. The zero-order valence-corrected chi connectivity index (χ0v) is 9.90. The Kier molecular flexibility index (Phi) is 3.32. The first-order valence-electron chi connectivity index (χ1n) is 5.30. The van der Waals surface area contributed by atoms with Crippen molar-refractivity contribution in [3.63, 3.8) is 0 Å². The van der Waals surface area contributed by atoms with Gasteiger partial charge in [0, 0.05) is 17.0 Å².